The predicted molar refractivity (Wildman–Crippen MR) is 84.8 cm³/mol. The van der Waals surface area contributed by atoms with E-state index < -0.39 is 16.0 Å². The van der Waals surface area contributed by atoms with Gasteiger partial charge in [0.25, 0.3) is 0 Å². The molecule has 2 aliphatic heterocycles. The van der Waals surface area contributed by atoms with Crippen LogP contribution in [0.5, 0.6) is 0 Å². The molecule has 0 aliphatic carbocycles. The summed E-state index contributed by atoms with van der Waals surface area (Å²) in [5.41, 5.74) is 1.05. The summed E-state index contributed by atoms with van der Waals surface area (Å²) in [6, 6.07) is 4.53. The predicted octanol–water partition coefficient (Wildman–Crippen LogP) is 1.09. The Morgan fingerprint density at radius 3 is 3.12 bits per heavy atom. The highest BCUT2D eigenvalue weighted by Gasteiger charge is 2.26. The number of carbonyl (C=O) groups is 1. The van der Waals surface area contributed by atoms with Crippen molar-refractivity contribution in [2.24, 2.45) is 5.92 Å². The standard InChI is InChI=1S/C16H17N3O4S/c20-16-14-8-13(2-1-12(14)10-23-16)24(21,22)18-9-11-3-5-19-6-4-17-15(19)7-11/h1-2,4,6,8,11,18H,3,5,7,9-10H2/t11-/m0/s1. The molecule has 1 aromatic heterocycles. The van der Waals surface area contributed by atoms with Gasteiger partial charge in [-0.05, 0) is 24.5 Å². The fourth-order valence-electron chi connectivity index (χ4n) is 3.16. The number of cyclic esters (lactones) is 1. The van der Waals surface area contributed by atoms with Crippen molar-refractivity contribution < 1.29 is 17.9 Å². The summed E-state index contributed by atoms with van der Waals surface area (Å²) < 4.78 is 34.6. The molecule has 7 nitrogen and oxygen atoms in total. The Labute approximate surface area is 139 Å². The maximum absolute atomic E-state index is 12.5. The van der Waals surface area contributed by atoms with Crippen LogP contribution in [0.1, 0.15) is 28.2 Å². The van der Waals surface area contributed by atoms with E-state index in [0.29, 0.717) is 12.1 Å². The van der Waals surface area contributed by atoms with Gasteiger partial charge in [0.2, 0.25) is 10.0 Å². The van der Waals surface area contributed by atoms with Crippen molar-refractivity contribution in [1.82, 2.24) is 14.3 Å². The number of imidazole rings is 1. The molecule has 2 aliphatic rings. The third kappa shape index (κ3) is 2.71. The van der Waals surface area contributed by atoms with Gasteiger partial charge in [-0.1, -0.05) is 6.07 Å². The third-order valence-corrected chi connectivity index (χ3v) is 6.00. The lowest BCUT2D eigenvalue weighted by molar-refractivity contribution is 0.0535. The van der Waals surface area contributed by atoms with Crippen LogP contribution in [0.25, 0.3) is 0 Å². The van der Waals surface area contributed by atoms with Gasteiger partial charge in [-0.25, -0.2) is 22.9 Å². The van der Waals surface area contributed by atoms with E-state index >= 15 is 0 Å². The summed E-state index contributed by atoms with van der Waals surface area (Å²) in [5.74, 6) is 0.737. The van der Waals surface area contributed by atoms with Crippen molar-refractivity contribution >= 4 is 16.0 Å². The van der Waals surface area contributed by atoms with Gasteiger partial charge < -0.3 is 9.30 Å². The Morgan fingerprint density at radius 1 is 1.38 bits per heavy atom. The van der Waals surface area contributed by atoms with E-state index in [-0.39, 0.29) is 17.4 Å². The van der Waals surface area contributed by atoms with E-state index in [1.54, 1.807) is 12.3 Å². The number of benzene rings is 1. The smallest absolute Gasteiger partial charge is 0.338 e. The van der Waals surface area contributed by atoms with Crippen molar-refractivity contribution in [3.05, 3.63) is 47.5 Å². The van der Waals surface area contributed by atoms with E-state index in [0.717, 1.165) is 30.8 Å². The van der Waals surface area contributed by atoms with Gasteiger partial charge in [0.1, 0.15) is 12.4 Å². The van der Waals surface area contributed by atoms with E-state index in [4.69, 9.17) is 4.74 Å². The lowest BCUT2D eigenvalue weighted by atomic mass is 9.98. The highest BCUT2D eigenvalue weighted by molar-refractivity contribution is 7.89. The monoisotopic (exact) mass is 347 g/mol. The number of aromatic nitrogens is 2. The first-order chi connectivity index (χ1) is 11.5. The number of esters is 1. The van der Waals surface area contributed by atoms with Crippen LogP contribution in [0.15, 0.2) is 35.5 Å². The molecule has 2 aromatic rings. The molecule has 0 saturated heterocycles. The van der Waals surface area contributed by atoms with Gasteiger partial charge in [0.05, 0.1) is 10.5 Å². The number of fused-ring (bicyclic) bond motifs is 2. The first-order valence-corrected chi connectivity index (χ1v) is 9.31. The topological polar surface area (TPSA) is 90.3 Å². The molecule has 0 spiro atoms. The average molecular weight is 347 g/mol. The lowest BCUT2D eigenvalue weighted by Gasteiger charge is -2.23. The highest BCUT2D eigenvalue weighted by atomic mass is 32.2. The van der Waals surface area contributed by atoms with E-state index in [1.807, 2.05) is 6.20 Å². The largest absolute Gasteiger partial charge is 0.457 e. The minimum Gasteiger partial charge on any atom is -0.457 e. The molecule has 0 amide bonds. The lowest BCUT2D eigenvalue weighted by Crippen LogP contribution is -2.33. The minimum atomic E-state index is -3.65. The summed E-state index contributed by atoms with van der Waals surface area (Å²) >= 11 is 0. The first-order valence-electron chi connectivity index (χ1n) is 7.83. The summed E-state index contributed by atoms with van der Waals surface area (Å²) in [4.78, 5) is 16.0. The second-order valence-electron chi connectivity index (χ2n) is 6.14. The molecule has 0 bridgehead atoms. The summed E-state index contributed by atoms with van der Waals surface area (Å²) in [7, 11) is -3.65. The van der Waals surface area contributed by atoms with Crippen molar-refractivity contribution in [3.63, 3.8) is 0 Å². The van der Waals surface area contributed by atoms with Gasteiger partial charge in [-0.2, -0.15) is 0 Å². The number of ether oxygens (including phenoxy) is 1. The summed E-state index contributed by atoms with van der Waals surface area (Å²) in [6.07, 6.45) is 5.37. The van der Waals surface area contributed by atoms with Crippen molar-refractivity contribution in [1.29, 1.82) is 0 Å². The second-order valence-corrected chi connectivity index (χ2v) is 7.91. The Bertz CT molecular complexity index is 904. The first kappa shape index (κ1) is 15.3. The molecule has 8 heteroatoms. The number of hydrogen-bond donors (Lipinski definition) is 1. The van der Waals surface area contributed by atoms with Crippen LogP contribution in [0.3, 0.4) is 0 Å². The molecule has 1 N–H and O–H groups in total. The van der Waals surface area contributed by atoms with Crippen LogP contribution in [0.4, 0.5) is 0 Å². The fourth-order valence-corrected chi connectivity index (χ4v) is 4.30. The zero-order valence-corrected chi connectivity index (χ0v) is 13.8. The molecule has 4 rings (SSSR count). The zero-order chi connectivity index (χ0) is 16.7. The van der Waals surface area contributed by atoms with Gasteiger partial charge in [0, 0.05) is 37.5 Å². The van der Waals surface area contributed by atoms with Gasteiger partial charge in [-0.15, -0.1) is 0 Å². The summed E-state index contributed by atoms with van der Waals surface area (Å²) in [6.45, 7) is 1.42. The van der Waals surface area contributed by atoms with Gasteiger partial charge >= 0.3 is 5.97 Å². The summed E-state index contributed by atoms with van der Waals surface area (Å²) in [5, 5.41) is 0. The van der Waals surface area contributed by atoms with Crippen molar-refractivity contribution in [3.8, 4) is 0 Å². The molecule has 3 heterocycles. The molecule has 1 atom stereocenters. The van der Waals surface area contributed by atoms with Crippen molar-refractivity contribution in [2.75, 3.05) is 6.54 Å². The van der Waals surface area contributed by atoms with Crippen LogP contribution in [-0.4, -0.2) is 30.5 Å². The molecule has 0 fully saturated rings. The normalized spacial score (nSPS) is 19.7. The minimum absolute atomic E-state index is 0.0948. The SMILES string of the molecule is O=C1OCc2ccc(S(=O)(=O)NC[C@H]3CCn4ccnc4C3)cc21. The highest BCUT2D eigenvalue weighted by Crippen LogP contribution is 2.24. The Morgan fingerprint density at radius 2 is 2.25 bits per heavy atom. The second kappa shape index (κ2) is 5.71. The quantitative estimate of drug-likeness (QED) is 0.836. The molecule has 0 radical (unpaired) electrons. The van der Waals surface area contributed by atoms with Crippen LogP contribution in [0, 0.1) is 5.92 Å². The Kier molecular flexibility index (Phi) is 3.65. The fraction of sp³-hybridized carbons (Fsp3) is 0.375. The van der Waals surface area contributed by atoms with Crippen LogP contribution in [-0.2, 0) is 34.3 Å². The molecule has 0 saturated carbocycles. The van der Waals surface area contributed by atoms with Gasteiger partial charge in [0.15, 0.2) is 0 Å². The maximum Gasteiger partial charge on any atom is 0.338 e. The van der Waals surface area contributed by atoms with E-state index in [1.165, 1.54) is 12.1 Å². The number of nitrogens with zero attached hydrogens (tertiary/aromatic N) is 2. The van der Waals surface area contributed by atoms with E-state index in [2.05, 4.69) is 14.3 Å². The third-order valence-electron chi connectivity index (χ3n) is 4.58. The Balaban J connectivity index is 1.46. The number of aryl methyl sites for hydroxylation is 1. The number of sulfonamides is 1. The average Bonchev–Trinajstić information content (AvgIpc) is 3.19. The van der Waals surface area contributed by atoms with E-state index in [9.17, 15) is 13.2 Å². The van der Waals surface area contributed by atoms with Gasteiger partial charge in [-0.3, -0.25) is 0 Å². The van der Waals surface area contributed by atoms with Crippen LogP contribution >= 0.6 is 0 Å². The molecule has 1 aromatic carbocycles. The number of nitrogens with one attached hydrogen (secondary N) is 1. The molecular weight excluding hydrogens is 330 g/mol. The number of carbonyl (C=O) groups excluding carboxylic acids is 1. The van der Waals surface area contributed by atoms with Crippen molar-refractivity contribution in [2.45, 2.75) is 30.9 Å². The Hall–Kier alpha value is -2.19. The molecule has 24 heavy (non-hydrogen) atoms. The maximum atomic E-state index is 12.5. The zero-order valence-electron chi connectivity index (χ0n) is 12.9. The molecular formula is C16H17N3O4S. The number of rotatable bonds is 4. The molecule has 0 unspecified atom stereocenters. The number of hydrogen-bond acceptors (Lipinski definition) is 5. The van der Waals surface area contributed by atoms with Crippen LogP contribution < -0.4 is 4.72 Å². The molecule has 126 valence electrons. The van der Waals surface area contributed by atoms with Crippen LogP contribution in [0.2, 0.25) is 0 Å².